The highest BCUT2D eigenvalue weighted by atomic mass is 16.5. The Hall–Kier alpha value is -1.75. The van der Waals surface area contributed by atoms with Gasteiger partial charge in [0.05, 0.1) is 13.2 Å². The van der Waals surface area contributed by atoms with Crippen molar-refractivity contribution >= 4 is 5.69 Å². The second kappa shape index (κ2) is 11.1. The van der Waals surface area contributed by atoms with E-state index in [9.17, 15) is 0 Å². The highest BCUT2D eigenvalue weighted by Crippen LogP contribution is 2.18. The van der Waals surface area contributed by atoms with Crippen molar-refractivity contribution < 1.29 is 4.74 Å². The molecule has 0 radical (unpaired) electrons. The summed E-state index contributed by atoms with van der Waals surface area (Å²) in [5.74, 6) is 0.863. The van der Waals surface area contributed by atoms with E-state index in [0.717, 1.165) is 25.2 Å². The molecule has 0 bridgehead atoms. The normalized spacial score (nSPS) is 9.95. The molecule has 108 valence electrons. The number of hydrogen-bond donors (Lipinski definition) is 0. The van der Waals surface area contributed by atoms with Gasteiger partial charge in [0.15, 0.2) is 5.69 Å². The average Bonchev–Trinajstić information content (AvgIpc) is 2.50. The first-order valence-electron chi connectivity index (χ1n) is 7.58. The standard InChI is InChI=1S/C18H25NO/c1-3-4-5-6-7-8-9-10-11-16-20-18-14-12-17(19-2)13-15-18/h3,12-15H,1,4-11,16H2. The van der Waals surface area contributed by atoms with Crippen LogP contribution < -0.4 is 4.74 Å². The third-order valence-electron chi connectivity index (χ3n) is 3.29. The molecule has 0 unspecified atom stereocenters. The summed E-state index contributed by atoms with van der Waals surface area (Å²) in [6.45, 7) is 11.4. The lowest BCUT2D eigenvalue weighted by Crippen LogP contribution is -1.96. The molecule has 0 heterocycles. The maximum Gasteiger partial charge on any atom is 0.187 e. The van der Waals surface area contributed by atoms with Crippen LogP contribution in [0, 0.1) is 6.57 Å². The van der Waals surface area contributed by atoms with Crippen molar-refractivity contribution in [3.05, 3.63) is 48.3 Å². The fourth-order valence-electron chi connectivity index (χ4n) is 2.08. The quantitative estimate of drug-likeness (QED) is 0.276. The van der Waals surface area contributed by atoms with Gasteiger partial charge in [-0.3, -0.25) is 0 Å². The molecule has 0 aliphatic heterocycles. The number of rotatable bonds is 11. The molecular formula is C18H25NO. The number of benzene rings is 1. The van der Waals surface area contributed by atoms with Crippen molar-refractivity contribution in [2.24, 2.45) is 0 Å². The molecular weight excluding hydrogens is 246 g/mol. The van der Waals surface area contributed by atoms with Gasteiger partial charge in [0, 0.05) is 0 Å². The van der Waals surface area contributed by atoms with Gasteiger partial charge in [-0.1, -0.05) is 50.3 Å². The molecule has 1 aromatic rings. The second-order valence-electron chi connectivity index (χ2n) is 5.01. The van der Waals surface area contributed by atoms with Crippen LogP contribution in [0.2, 0.25) is 0 Å². The summed E-state index contributed by atoms with van der Waals surface area (Å²) in [5, 5.41) is 0. The Morgan fingerprint density at radius 1 is 0.950 bits per heavy atom. The van der Waals surface area contributed by atoms with Crippen molar-refractivity contribution in [3.63, 3.8) is 0 Å². The van der Waals surface area contributed by atoms with Crippen molar-refractivity contribution in [1.29, 1.82) is 0 Å². The molecule has 20 heavy (non-hydrogen) atoms. The van der Waals surface area contributed by atoms with Crippen LogP contribution in [0.25, 0.3) is 4.85 Å². The summed E-state index contributed by atoms with van der Waals surface area (Å²) in [6, 6.07) is 7.33. The monoisotopic (exact) mass is 271 g/mol. The SMILES string of the molecule is [C-]#[N+]c1ccc(OCCCCCCCCCC=C)cc1. The minimum atomic E-state index is 0.661. The zero-order valence-corrected chi connectivity index (χ0v) is 12.3. The van der Waals surface area contributed by atoms with Crippen LogP contribution in [0.4, 0.5) is 5.69 Å². The van der Waals surface area contributed by atoms with Crippen LogP contribution >= 0.6 is 0 Å². The van der Waals surface area contributed by atoms with Gasteiger partial charge in [0.2, 0.25) is 0 Å². The van der Waals surface area contributed by atoms with E-state index in [1.165, 1.54) is 38.5 Å². The summed E-state index contributed by atoms with van der Waals surface area (Å²) in [6.07, 6.45) is 12.1. The zero-order chi connectivity index (χ0) is 14.5. The first kappa shape index (κ1) is 16.3. The largest absolute Gasteiger partial charge is 0.494 e. The molecule has 0 N–H and O–H groups in total. The van der Waals surface area contributed by atoms with E-state index in [-0.39, 0.29) is 0 Å². The van der Waals surface area contributed by atoms with Gasteiger partial charge < -0.3 is 4.74 Å². The predicted molar refractivity (Wildman–Crippen MR) is 85.3 cm³/mol. The van der Waals surface area contributed by atoms with Gasteiger partial charge in [-0.2, -0.15) is 0 Å². The zero-order valence-electron chi connectivity index (χ0n) is 12.3. The maximum atomic E-state index is 6.88. The van der Waals surface area contributed by atoms with E-state index in [4.69, 9.17) is 11.3 Å². The van der Waals surface area contributed by atoms with Crippen molar-refractivity contribution in [2.45, 2.75) is 51.4 Å². The number of allylic oxidation sites excluding steroid dienone is 1. The molecule has 0 saturated carbocycles. The lowest BCUT2D eigenvalue weighted by Gasteiger charge is -2.06. The van der Waals surface area contributed by atoms with Gasteiger partial charge >= 0.3 is 0 Å². The van der Waals surface area contributed by atoms with Crippen molar-refractivity contribution in [1.82, 2.24) is 0 Å². The average molecular weight is 271 g/mol. The Balaban J connectivity index is 1.94. The van der Waals surface area contributed by atoms with Crippen LogP contribution in [0.5, 0.6) is 5.75 Å². The molecule has 0 saturated heterocycles. The van der Waals surface area contributed by atoms with Crippen LogP contribution in [0.3, 0.4) is 0 Å². The third kappa shape index (κ3) is 7.63. The fraction of sp³-hybridized carbons (Fsp3) is 0.500. The van der Waals surface area contributed by atoms with E-state index >= 15 is 0 Å². The first-order chi connectivity index (χ1) is 9.86. The molecule has 1 rings (SSSR count). The van der Waals surface area contributed by atoms with E-state index in [1.54, 1.807) is 12.1 Å². The highest BCUT2D eigenvalue weighted by Gasteiger charge is 1.95. The Bertz CT molecular complexity index is 402. The van der Waals surface area contributed by atoms with E-state index in [2.05, 4.69) is 11.4 Å². The Morgan fingerprint density at radius 3 is 2.15 bits per heavy atom. The number of hydrogen-bond acceptors (Lipinski definition) is 1. The minimum Gasteiger partial charge on any atom is -0.494 e. The van der Waals surface area contributed by atoms with Gasteiger partial charge in [-0.15, -0.1) is 6.58 Å². The van der Waals surface area contributed by atoms with Crippen LogP contribution in [0.1, 0.15) is 51.4 Å². The molecule has 2 nitrogen and oxygen atoms in total. The first-order valence-corrected chi connectivity index (χ1v) is 7.58. The molecule has 1 aromatic carbocycles. The van der Waals surface area contributed by atoms with E-state index in [1.807, 2.05) is 18.2 Å². The molecule has 0 spiro atoms. The Kier molecular flexibility index (Phi) is 9.06. The van der Waals surface area contributed by atoms with Crippen LogP contribution in [0.15, 0.2) is 36.9 Å². The van der Waals surface area contributed by atoms with Gasteiger partial charge in [0.1, 0.15) is 5.75 Å². The summed E-state index contributed by atoms with van der Waals surface area (Å²) in [7, 11) is 0. The fourth-order valence-corrected chi connectivity index (χ4v) is 2.08. The molecule has 0 atom stereocenters. The van der Waals surface area contributed by atoms with Crippen molar-refractivity contribution in [3.8, 4) is 5.75 Å². The van der Waals surface area contributed by atoms with Crippen LogP contribution in [-0.4, -0.2) is 6.61 Å². The third-order valence-corrected chi connectivity index (χ3v) is 3.29. The molecule has 0 aliphatic carbocycles. The Labute approximate surface area is 123 Å². The van der Waals surface area contributed by atoms with Crippen LogP contribution in [-0.2, 0) is 0 Å². The molecule has 0 fully saturated rings. The summed E-state index contributed by atoms with van der Waals surface area (Å²) in [4.78, 5) is 3.36. The van der Waals surface area contributed by atoms with Gasteiger partial charge in [0.25, 0.3) is 0 Å². The smallest absolute Gasteiger partial charge is 0.187 e. The predicted octanol–water partition coefficient (Wildman–Crippen LogP) is 5.92. The lowest BCUT2D eigenvalue weighted by molar-refractivity contribution is 0.304. The van der Waals surface area contributed by atoms with Gasteiger partial charge in [-0.25, -0.2) is 4.85 Å². The van der Waals surface area contributed by atoms with E-state index < -0.39 is 0 Å². The second-order valence-corrected chi connectivity index (χ2v) is 5.01. The number of ether oxygens (including phenoxy) is 1. The summed E-state index contributed by atoms with van der Waals surface area (Å²) < 4.78 is 5.65. The molecule has 0 aliphatic rings. The molecule has 0 amide bonds. The highest BCUT2D eigenvalue weighted by molar-refractivity contribution is 5.46. The minimum absolute atomic E-state index is 0.661. The lowest BCUT2D eigenvalue weighted by atomic mass is 10.1. The van der Waals surface area contributed by atoms with Crippen molar-refractivity contribution in [2.75, 3.05) is 6.61 Å². The molecule has 0 aromatic heterocycles. The number of nitrogens with zero attached hydrogens (tertiary/aromatic N) is 1. The summed E-state index contributed by atoms with van der Waals surface area (Å²) in [5.41, 5.74) is 0.661. The van der Waals surface area contributed by atoms with Gasteiger partial charge in [-0.05, 0) is 31.4 Å². The molecule has 2 heteroatoms. The van der Waals surface area contributed by atoms with E-state index in [0.29, 0.717) is 5.69 Å². The Morgan fingerprint density at radius 2 is 1.55 bits per heavy atom. The maximum absolute atomic E-state index is 6.88. The topological polar surface area (TPSA) is 13.6 Å². The summed E-state index contributed by atoms with van der Waals surface area (Å²) >= 11 is 0. The number of unbranched alkanes of at least 4 members (excludes halogenated alkanes) is 7.